The zero-order chi connectivity index (χ0) is 24.3. The molecule has 0 aliphatic rings. The van der Waals surface area contributed by atoms with Crippen LogP contribution in [0, 0.1) is 6.92 Å². The van der Waals surface area contributed by atoms with Crippen molar-refractivity contribution in [3.63, 3.8) is 0 Å². The second-order valence-electron chi connectivity index (χ2n) is 8.27. The third-order valence-corrected chi connectivity index (χ3v) is 7.56. The number of hydrogen-bond donors (Lipinski definition) is 0. The van der Waals surface area contributed by atoms with E-state index >= 15 is 0 Å². The van der Waals surface area contributed by atoms with E-state index in [9.17, 15) is 8.42 Å². The molecule has 5 rings (SSSR count). The van der Waals surface area contributed by atoms with Crippen LogP contribution in [0.4, 0.5) is 0 Å². The zero-order valence-electron chi connectivity index (χ0n) is 19.2. The molecule has 0 aliphatic heterocycles. The molecule has 0 fully saturated rings. The summed E-state index contributed by atoms with van der Waals surface area (Å²) in [5.41, 5.74) is 2.11. The summed E-state index contributed by atoms with van der Waals surface area (Å²) < 4.78 is 38.1. The average Bonchev–Trinajstić information content (AvgIpc) is 2.89. The molecule has 0 amide bonds. The smallest absolute Gasteiger partial charge is 0.206 e. The Morgan fingerprint density at radius 3 is 1.80 bits per heavy atom. The molecule has 5 aromatic carbocycles. The van der Waals surface area contributed by atoms with E-state index < -0.39 is 9.84 Å². The van der Waals surface area contributed by atoms with Crippen molar-refractivity contribution in [3.8, 4) is 17.2 Å². The Hall–Kier alpha value is -4.09. The number of hydrogen-bond acceptors (Lipinski definition) is 4. The van der Waals surface area contributed by atoms with E-state index in [0.717, 1.165) is 27.6 Å². The first-order valence-electron chi connectivity index (χ1n) is 11.3. The fourth-order valence-electron chi connectivity index (χ4n) is 3.86. The summed E-state index contributed by atoms with van der Waals surface area (Å²) >= 11 is 0. The highest BCUT2D eigenvalue weighted by atomic mass is 32.2. The third kappa shape index (κ3) is 4.91. The van der Waals surface area contributed by atoms with Crippen LogP contribution in [0.25, 0.3) is 10.8 Å². The Labute approximate surface area is 205 Å². The van der Waals surface area contributed by atoms with Gasteiger partial charge in [-0.15, -0.1) is 0 Å². The minimum absolute atomic E-state index is 0.225. The van der Waals surface area contributed by atoms with Crippen LogP contribution in [0.15, 0.2) is 125 Å². The summed E-state index contributed by atoms with van der Waals surface area (Å²) in [6.45, 7) is 2.40. The van der Waals surface area contributed by atoms with Crippen molar-refractivity contribution >= 4 is 20.6 Å². The van der Waals surface area contributed by atoms with Crippen molar-refractivity contribution in [2.24, 2.45) is 0 Å². The second kappa shape index (κ2) is 9.65. The molecule has 0 N–H and O–H groups in total. The molecule has 174 valence electrons. The van der Waals surface area contributed by atoms with Crippen LogP contribution >= 0.6 is 0 Å². The summed E-state index contributed by atoms with van der Waals surface area (Å²) in [5.74, 6) is 1.99. The molecule has 0 bridgehead atoms. The number of ether oxygens (including phenoxy) is 2. The van der Waals surface area contributed by atoms with Crippen LogP contribution < -0.4 is 9.47 Å². The molecular weight excluding hydrogens is 456 g/mol. The van der Waals surface area contributed by atoms with Crippen LogP contribution in [0.1, 0.15) is 11.1 Å². The molecule has 0 atom stereocenters. The predicted molar refractivity (Wildman–Crippen MR) is 138 cm³/mol. The number of benzene rings is 5. The van der Waals surface area contributed by atoms with Gasteiger partial charge in [-0.25, -0.2) is 8.42 Å². The SMILES string of the molecule is Cc1ccc(S(=O)(=O)c2ccc(Oc3ccc(OCc4ccccc4)c4ccccc34)cc2)cc1. The van der Waals surface area contributed by atoms with Crippen LogP contribution in [0.5, 0.6) is 17.2 Å². The molecule has 0 aromatic heterocycles. The van der Waals surface area contributed by atoms with E-state index in [-0.39, 0.29) is 9.79 Å². The van der Waals surface area contributed by atoms with Crippen molar-refractivity contribution in [2.45, 2.75) is 23.3 Å². The van der Waals surface area contributed by atoms with E-state index in [1.807, 2.05) is 73.7 Å². The van der Waals surface area contributed by atoms with Gasteiger partial charge in [-0.3, -0.25) is 0 Å². The van der Waals surface area contributed by atoms with Gasteiger partial charge >= 0.3 is 0 Å². The van der Waals surface area contributed by atoms with Crippen LogP contribution in [-0.2, 0) is 16.4 Å². The Balaban J connectivity index is 1.38. The maximum Gasteiger partial charge on any atom is 0.206 e. The fraction of sp³-hybridized carbons (Fsp3) is 0.0667. The molecule has 0 saturated carbocycles. The predicted octanol–water partition coefficient (Wildman–Crippen LogP) is 7.35. The number of aryl methyl sites for hydroxylation is 1. The highest BCUT2D eigenvalue weighted by Gasteiger charge is 2.17. The van der Waals surface area contributed by atoms with E-state index in [0.29, 0.717) is 18.1 Å². The monoisotopic (exact) mass is 480 g/mol. The first-order valence-corrected chi connectivity index (χ1v) is 12.8. The first-order chi connectivity index (χ1) is 17.0. The van der Waals surface area contributed by atoms with E-state index in [4.69, 9.17) is 9.47 Å². The van der Waals surface area contributed by atoms with Crippen molar-refractivity contribution in [3.05, 3.63) is 126 Å². The summed E-state index contributed by atoms with van der Waals surface area (Å²) in [6.07, 6.45) is 0. The maximum atomic E-state index is 12.9. The zero-order valence-corrected chi connectivity index (χ0v) is 20.0. The molecular formula is C30H24O4S. The van der Waals surface area contributed by atoms with Gasteiger partial charge in [0.2, 0.25) is 9.84 Å². The van der Waals surface area contributed by atoms with Gasteiger partial charge < -0.3 is 9.47 Å². The molecule has 4 nitrogen and oxygen atoms in total. The molecule has 0 aliphatic carbocycles. The minimum atomic E-state index is -3.59. The highest BCUT2D eigenvalue weighted by molar-refractivity contribution is 7.91. The van der Waals surface area contributed by atoms with Gasteiger partial charge in [0.1, 0.15) is 23.9 Å². The summed E-state index contributed by atoms with van der Waals surface area (Å²) in [7, 11) is -3.59. The van der Waals surface area contributed by atoms with Crippen molar-refractivity contribution in [1.29, 1.82) is 0 Å². The quantitative estimate of drug-likeness (QED) is 0.244. The summed E-state index contributed by atoms with van der Waals surface area (Å²) in [4.78, 5) is 0.497. The van der Waals surface area contributed by atoms with Gasteiger partial charge in [0.15, 0.2) is 0 Å². The van der Waals surface area contributed by atoms with Crippen molar-refractivity contribution < 1.29 is 17.9 Å². The molecule has 35 heavy (non-hydrogen) atoms. The van der Waals surface area contributed by atoms with Crippen molar-refractivity contribution in [2.75, 3.05) is 0 Å². The molecule has 0 spiro atoms. The average molecular weight is 481 g/mol. The van der Waals surface area contributed by atoms with Gasteiger partial charge in [-0.2, -0.15) is 0 Å². The molecule has 0 heterocycles. The summed E-state index contributed by atoms with van der Waals surface area (Å²) in [5, 5.41) is 1.86. The van der Waals surface area contributed by atoms with E-state index in [1.165, 1.54) is 0 Å². The lowest BCUT2D eigenvalue weighted by Gasteiger charge is -2.14. The van der Waals surface area contributed by atoms with Crippen LogP contribution in [0.3, 0.4) is 0 Å². The van der Waals surface area contributed by atoms with Gasteiger partial charge in [0.05, 0.1) is 9.79 Å². The number of sulfone groups is 1. The van der Waals surface area contributed by atoms with E-state index in [2.05, 4.69) is 0 Å². The summed E-state index contributed by atoms with van der Waals surface area (Å²) in [6, 6.07) is 35.0. The lowest BCUT2D eigenvalue weighted by molar-refractivity contribution is 0.310. The lowest BCUT2D eigenvalue weighted by atomic mass is 10.1. The Kier molecular flexibility index (Phi) is 6.25. The minimum Gasteiger partial charge on any atom is -0.488 e. The van der Waals surface area contributed by atoms with Gasteiger partial charge in [-0.05, 0) is 61.0 Å². The van der Waals surface area contributed by atoms with Gasteiger partial charge in [-0.1, -0.05) is 72.3 Å². The third-order valence-electron chi connectivity index (χ3n) is 5.77. The topological polar surface area (TPSA) is 52.6 Å². The Bertz CT molecular complexity index is 1560. The molecule has 0 radical (unpaired) electrons. The van der Waals surface area contributed by atoms with Gasteiger partial charge in [0.25, 0.3) is 0 Å². The Morgan fingerprint density at radius 2 is 1.14 bits per heavy atom. The standard InChI is InChI=1S/C30H24O4S/c1-22-11-15-25(16-12-22)35(31,32)26-17-13-24(14-18-26)34-30-20-19-29(27-9-5-6-10-28(27)30)33-21-23-7-3-2-4-8-23/h2-20H,21H2,1H3. The van der Waals surface area contributed by atoms with Crippen LogP contribution in [0.2, 0.25) is 0 Å². The molecule has 0 unspecified atom stereocenters. The number of rotatable bonds is 7. The highest BCUT2D eigenvalue weighted by Crippen LogP contribution is 2.36. The lowest BCUT2D eigenvalue weighted by Crippen LogP contribution is -2.01. The maximum absolute atomic E-state index is 12.9. The van der Waals surface area contributed by atoms with Crippen molar-refractivity contribution in [1.82, 2.24) is 0 Å². The second-order valence-corrected chi connectivity index (χ2v) is 10.2. The van der Waals surface area contributed by atoms with Gasteiger partial charge in [0, 0.05) is 10.8 Å². The molecule has 5 heteroatoms. The molecule has 5 aromatic rings. The molecule has 0 saturated heterocycles. The first kappa shape index (κ1) is 22.7. The van der Waals surface area contributed by atoms with Crippen LogP contribution in [-0.4, -0.2) is 8.42 Å². The van der Waals surface area contributed by atoms with E-state index in [1.54, 1.807) is 48.5 Å². The Morgan fingerprint density at radius 1 is 0.600 bits per heavy atom. The number of fused-ring (bicyclic) bond motifs is 1. The largest absolute Gasteiger partial charge is 0.488 e. The normalized spacial score (nSPS) is 11.3. The fourth-order valence-corrected chi connectivity index (χ4v) is 5.12.